The first-order valence-corrected chi connectivity index (χ1v) is 11.1. The number of carbonyl (C=O) groups is 2. The van der Waals surface area contributed by atoms with Gasteiger partial charge in [0.15, 0.2) is 0 Å². The third-order valence-corrected chi connectivity index (χ3v) is 5.83. The van der Waals surface area contributed by atoms with Gasteiger partial charge >= 0.3 is 0 Å². The van der Waals surface area contributed by atoms with E-state index in [9.17, 15) is 9.59 Å². The third kappa shape index (κ3) is 4.15. The lowest BCUT2D eigenvalue weighted by Gasteiger charge is -2.29. The molecule has 0 atom stereocenters. The molecular weight excluding hydrogens is 404 g/mol. The molecule has 0 spiro atoms. The van der Waals surface area contributed by atoms with Gasteiger partial charge in [0.25, 0.3) is 11.8 Å². The largest absolute Gasteiger partial charge is 0.494 e. The summed E-state index contributed by atoms with van der Waals surface area (Å²) >= 11 is 0. The van der Waals surface area contributed by atoms with Crippen molar-refractivity contribution in [1.82, 2.24) is 4.90 Å². The van der Waals surface area contributed by atoms with Crippen molar-refractivity contribution in [2.75, 3.05) is 37.8 Å². The van der Waals surface area contributed by atoms with Crippen molar-refractivity contribution in [2.24, 2.45) is 0 Å². The third-order valence-electron chi connectivity index (χ3n) is 5.83. The molecule has 6 nitrogen and oxygen atoms in total. The van der Waals surface area contributed by atoms with E-state index in [0.29, 0.717) is 55.4 Å². The van der Waals surface area contributed by atoms with Gasteiger partial charge in [0.2, 0.25) is 0 Å². The standard InChI is InChI=1S/C26H30N2O4/c1-5-32-21-12-6-18(7-13-21)22-23(27-14-16-31-17-15-27)25(30)28(24(22)29)20-10-8-19(9-11-20)26(2,3)4/h6-13H,5,14-17H2,1-4H3. The Labute approximate surface area is 189 Å². The van der Waals surface area contributed by atoms with Gasteiger partial charge in [-0.15, -0.1) is 0 Å². The predicted octanol–water partition coefficient (Wildman–Crippen LogP) is 4.00. The molecule has 2 aliphatic heterocycles. The highest BCUT2D eigenvalue weighted by molar-refractivity contribution is 6.45. The van der Waals surface area contributed by atoms with Gasteiger partial charge < -0.3 is 14.4 Å². The summed E-state index contributed by atoms with van der Waals surface area (Å²) in [5.74, 6) is 0.143. The summed E-state index contributed by atoms with van der Waals surface area (Å²) in [6, 6.07) is 15.0. The van der Waals surface area contributed by atoms with E-state index in [4.69, 9.17) is 9.47 Å². The Morgan fingerprint density at radius 1 is 0.906 bits per heavy atom. The number of imide groups is 1. The lowest BCUT2D eigenvalue weighted by atomic mass is 9.87. The number of anilines is 1. The molecule has 168 valence electrons. The molecule has 0 radical (unpaired) electrons. The van der Waals surface area contributed by atoms with Crippen molar-refractivity contribution < 1.29 is 19.1 Å². The molecule has 1 saturated heterocycles. The molecule has 6 heteroatoms. The molecule has 0 N–H and O–H groups in total. The molecule has 2 aromatic rings. The first kappa shape index (κ1) is 22.1. The molecule has 0 unspecified atom stereocenters. The number of nitrogens with zero attached hydrogens (tertiary/aromatic N) is 2. The van der Waals surface area contributed by atoms with Gasteiger partial charge in [0.05, 0.1) is 31.1 Å². The van der Waals surface area contributed by atoms with Crippen LogP contribution in [0.3, 0.4) is 0 Å². The van der Waals surface area contributed by atoms with Crippen LogP contribution >= 0.6 is 0 Å². The fraction of sp³-hybridized carbons (Fsp3) is 0.385. The monoisotopic (exact) mass is 434 g/mol. The first-order valence-electron chi connectivity index (χ1n) is 11.1. The number of rotatable bonds is 5. The average molecular weight is 435 g/mol. The Morgan fingerprint density at radius 2 is 1.53 bits per heavy atom. The number of ether oxygens (including phenoxy) is 2. The number of hydrogen-bond acceptors (Lipinski definition) is 5. The molecule has 2 aliphatic rings. The van der Waals surface area contributed by atoms with E-state index in [1.165, 1.54) is 4.90 Å². The quantitative estimate of drug-likeness (QED) is 0.666. The highest BCUT2D eigenvalue weighted by atomic mass is 16.5. The highest BCUT2D eigenvalue weighted by Gasteiger charge is 2.42. The van der Waals surface area contributed by atoms with Gasteiger partial charge in [-0.2, -0.15) is 0 Å². The number of hydrogen-bond donors (Lipinski definition) is 0. The molecule has 32 heavy (non-hydrogen) atoms. The highest BCUT2D eigenvalue weighted by Crippen LogP contribution is 2.36. The van der Waals surface area contributed by atoms with Crippen LogP contribution in [0.25, 0.3) is 5.57 Å². The maximum atomic E-state index is 13.6. The summed E-state index contributed by atoms with van der Waals surface area (Å²) in [4.78, 5) is 30.5. The maximum Gasteiger partial charge on any atom is 0.282 e. The van der Waals surface area contributed by atoms with E-state index in [-0.39, 0.29) is 17.2 Å². The van der Waals surface area contributed by atoms with Crippen LogP contribution in [0.5, 0.6) is 5.75 Å². The molecule has 1 fully saturated rings. The maximum absolute atomic E-state index is 13.6. The molecule has 0 aliphatic carbocycles. The zero-order chi connectivity index (χ0) is 22.9. The summed E-state index contributed by atoms with van der Waals surface area (Å²) in [6.07, 6.45) is 0. The Hall–Kier alpha value is -3.12. The van der Waals surface area contributed by atoms with Gasteiger partial charge in [-0.1, -0.05) is 45.0 Å². The molecule has 0 saturated carbocycles. The van der Waals surface area contributed by atoms with Crippen LogP contribution < -0.4 is 9.64 Å². The summed E-state index contributed by atoms with van der Waals surface area (Å²) in [7, 11) is 0. The lowest BCUT2D eigenvalue weighted by Crippen LogP contribution is -2.40. The summed E-state index contributed by atoms with van der Waals surface area (Å²) in [5.41, 5.74) is 3.31. The fourth-order valence-corrected chi connectivity index (χ4v) is 4.09. The first-order chi connectivity index (χ1) is 15.3. The van der Waals surface area contributed by atoms with Crippen molar-refractivity contribution in [1.29, 1.82) is 0 Å². The second-order valence-corrected chi connectivity index (χ2v) is 9.02. The number of morpholine rings is 1. The van der Waals surface area contributed by atoms with Gasteiger partial charge in [0, 0.05) is 13.1 Å². The average Bonchev–Trinajstić information content (AvgIpc) is 3.04. The van der Waals surface area contributed by atoms with E-state index in [0.717, 1.165) is 11.3 Å². The SMILES string of the molecule is CCOc1ccc(C2=C(N3CCOCC3)C(=O)N(c3ccc(C(C)(C)C)cc3)C2=O)cc1. The number of benzene rings is 2. The smallest absolute Gasteiger partial charge is 0.282 e. The second kappa shape index (κ2) is 8.79. The second-order valence-electron chi connectivity index (χ2n) is 9.02. The van der Waals surface area contributed by atoms with Crippen LogP contribution in [0.4, 0.5) is 5.69 Å². The zero-order valence-electron chi connectivity index (χ0n) is 19.2. The minimum atomic E-state index is -0.302. The van der Waals surface area contributed by atoms with Crippen LogP contribution in [0.1, 0.15) is 38.8 Å². The molecule has 0 bridgehead atoms. The van der Waals surface area contributed by atoms with Crippen molar-refractivity contribution in [3.05, 3.63) is 65.4 Å². The normalized spacial score (nSPS) is 17.4. The molecular formula is C26H30N2O4. The van der Waals surface area contributed by atoms with Crippen LogP contribution in [0, 0.1) is 0 Å². The van der Waals surface area contributed by atoms with E-state index in [1.54, 1.807) is 0 Å². The number of amides is 2. The van der Waals surface area contributed by atoms with Crippen LogP contribution in [-0.2, 0) is 19.7 Å². The summed E-state index contributed by atoms with van der Waals surface area (Å²) in [5, 5.41) is 0. The van der Waals surface area contributed by atoms with Gasteiger partial charge in [-0.3, -0.25) is 9.59 Å². The Morgan fingerprint density at radius 3 is 2.09 bits per heavy atom. The van der Waals surface area contributed by atoms with Crippen molar-refractivity contribution >= 4 is 23.1 Å². The van der Waals surface area contributed by atoms with Crippen molar-refractivity contribution in [2.45, 2.75) is 33.1 Å². The fourth-order valence-electron chi connectivity index (χ4n) is 4.09. The summed E-state index contributed by atoms with van der Waals surface area (Å²) in [6.45, 7) is 11.1. The van der Waals surface area contributed by atoms with Gasteiger partial charge in [-0.05, 0) is 47.7 Å². The Balaban J connectivity index is 1.74. The zero-order valence-corrected chi connectivity index (χ0v) is 19.2. The van der Waals surface area contributed by atoms with Crippen LogP contribution in [0.15, 0.2) is 54.2 Å². The van der Waals surface area contributed by atoms with Crippen LogP contribution in [0.2, 0.25) is 0 Å². The Bertz CT molecular complexity index is 1030. The van der Waals surface area contributed by atoms with E-state index >= 15 is 0 Å². The molecule has 0 aromatic heterocycles. The predicted molar refractivity (Wildman–Crippen MR) is 125 cm³/mol. The van der Waals surface area contributed by atoms with Crippen LogP contribution in [-0.4, -0.2) is 49.6 Å². The van der Waals surface area contributed by atoms with Gasteiger partial charge in [0.1, 0.15) is 11.4 Å². The molecule has 2 heterocycles. The van der Waals surface area contributed by atoms with E-state index < -0.39 is 0 Å². The topological polar surface area (TPSA) is 59.1 Å². The molecule has 2 amide bonds. The van der Waals surface area contributed by atoms with Gasteiger partial charge in [-0.25, -0.2) is 4.90 Å². The van der Waals surface area contributed by atoms with Crippen molar-refractivity contribution in [3.8, 4) is 5.75 Å². The Kier molecular flexibility index (Phi) is 6.07. The minimum Gasteiger partial charge on any atom is -0.494 e. The van der Waals surface area contributed by atoms with Crippen molar-refractivity contribution in [3.63, 3.8) is 0 Å². The molecule has 2 aromatic carbocycles. The van der Waals surface area contributed by atoms with E-state index in [1.807, 2.05) is 60.4 Å². The minimum absolute atomic E-state index is 0.0117. The number of carbonyl (C=O) groups excluding carboxylic acids is 2. The lowest BCUT2D eigenvalue weighted by molar-refractivity contribution is -0.121. The molecule has 4 rings (SSSR count). The van der Waals surface area contributed by atoms with E-state index in [2.05, 4.69) is 20.8 Å². The summed E-state index contributed by atoms with van der Waals surface area (Å²) < 4.78 is 11.0.